The van der Waals surface area contributed by atoms with E-state index in [0.717, 1.165) is 0 Å². The molecule has 1 N–H and O–H groups in total. The molecule has 2 aromatic rings. The highest BCUT2D eigenvalue weighted by Gasteiger charge is 2.23. The number of hydrogen-bond acceptors (Lipinski definition) is 6. The molecule has 0 bridgehead atoms. The van der Waals surface area contributed by atoms with Crippen LogP contribution in [0.25, 0.3) is 0 Å². The van der Waals surface area contributed by atoms with E-state index in [1.807, 2.05) is 0 Å². The molecular weight excluding hydrogens is 386 g/mol. The Kier molecular flexibility index (Phi) is 6.71. The molecule has 150 valence electrons. The molecule has 0 heterocycles. The molecule has 10 heteroatoms. The molecule has 0 fully saturated rings. The van der Waals surface area contributed by atoms with Gasteiger partial charge in [-0.2, -0.15) is 4.31 Å². The zero-order valence-electron chi connectivity index (χ0n) is 15.7. The van der Waals surface area contributed by atoms with Gasteiger partial charge in [0.2, 0.25) is 10.0 Å². The van der Waals surface area contributed by atoms with Crippen LogP contribution >= 0.6 is 0 Å². The van der Waals surface area contributed by atoms with E-state index in [4.69, 9.17) is 4.74 Å². The highest BCUT2D eigenvalue weighted by molar-refractivity contribution is 7.89. The van der Waals surface area contributed by atoms with Crippen LogP contribution in [0.3, 0.4) is 0 Å². The number of rotatable bonds is 8. The van der Waals surface area contributed by atoms with E-state index in [2.05, 4.69) is 5.32 Å². The molecule has 2 rings (SSSR count). The molecular formula is C18H21N3O6S. The maximum absolute atomic E-state index is 12.6. The zero-order valence-corrected chi connectivity index (χ0v) is 16.5. The standard InChI is InChI=1S/C18H21N3O6S/c1-4-20(5-2)28(25,26)15-8-6-7-13(11-15)18(22)19-16-10-9-14(21(23)24)12-17(16)27-3/h6-12H,4-5H2,1-3H3,(H,19,22). The van der Waals surface area contributed by atoms with Gasteiger partial charge in [-0.05, 0) is 24.3 Å². The van der Waals surface area contributed by atoms with E-state index in [1.165, 1.54) is 53.9 Å². The highest BCUT2D eigenvalue weighted by Crippen LogP contribution is 2.29. The van der Waals surface area contributed by atoms with Crippen molar-refractivity contribution in [1.29, 1.82) is 0 Å². The van der Waals surface area contributed by atoms with E-state index in [9.17, 15) is 23.3 Å². The number of nitro benzene ring substituents is 1. The molecule has 0 aromatic heterocycles. The van der Waals surface area contributed by atoms with Gasteiger partial charge in [0.25, 0.3) is 11.6 Å². The van der Waals surface area contributed by atoms with Gasteiger partial charge in [-0.3, -0.25) is 14.9 Å². The van der Waals surface area contributed by atoms with Crippen LogP contribution in [0.5, 0.6) is 5.75 Å². The molecule has 0 spiro atoms. The van der Waals surface area contributed by atoms with E-state index in [-0.39, 0.29) is 27.6 Å². The minimum Gasteiger partial charge on any atom is -0.494 e. The quantitative estimate of drug-likeness (QED) is 0.531. The van der Waals surface area contributed by atoms with Crippen molar-refractivity contribution >= 4 is 27.3 Å². The molecule has 0 radical (unpaired) electrons. The van der Waals surface area contributed by atoms with Crippen molar-refractivity contribution in [3.05, 3.63) is 58.1 Å². The van der Waals surface area contributed by atoms with Crippen molar-refractivity contribution in [2.75, 3.05) is 25.5 Å². The first-order valence-corrected chi connectivity index (χ1v) is 9.92. The maximum atomic E-state index is 12.6. The number of benzene rings is 2. The summed E-state index contributed by atoms with van der Waals surface area (Å²) in [5.74, 6) is -0.446. The average Bonchev–Trinajstić information content (AvgIpc) is 2.68. The van der Waals surface area contributed by atoms with Crippen molar-refractivity contribution in [2.24, 2.45) is 0 Å². The van der Waals surface area contributed by atoms with Crippen LogP contribution in [0, 0.1) is 10.1 Å². The second-order valence-electron chi connectivity index (χ2n) is 5.71. The van der Waals surface area contributed by atoms with Gasteiger partial charge in [-0.25, -0.2) is 8.42 Å². The summed E-state index contributed by atoms with van der Waals surface area (Å²) in [7, 11) is -2.38. The Morgan fingerprint density at radius 1 is 1.18 bits per heavy atom. The van der Waals surface area contributed by atoms with E-state index < -0.39 is 20.9 Å². The lowest BCUT2D eigenvalue weighted by Crippen LogP contribution is -2.30. The van der Waals surface area contributed by atoms with E-state index in [1.54, 1.807) is 13.8 Å². The Morgan fingerprint density at radius 2 is 1.86 bits per heavy atom. The van der Waals surface area contributed by atoms with Crippen LogP contribution in [0.4, 0.5) is 11.4 Å². The molecule has 0 saturated carbocycles. The first kappa shape index (κ1) is 21.3. The molecule has 0 unspecified atom stereocenters. The Balaban J connectivity index is 2.33. The van der Waals surface area contributed by atoms with E-state index >= 15 is 0 Å². The second kappa shape index (κ2) is 8.81. The monoisotopic (exact) mass is 407 g/mol. The number of carbonyl (C=O) groups is 1. The molecule has 1 amide bonds. The van der Waals surface area contributed by atoms with Crippen molar-refractivity contribution in [3.63, 3.8) is 0 Å². The molecule has 2 aromatic carbocycles. The van der Waals surface area contributed by atoms with Gasteiger partial charge >= 0.3 is 0 Å². The summed E-state index contributed by atoms with van der Waals surface area (Å²) in [6.07, 6.45) is 0. The number of methoxy groups -OCH3 is 1. The lowest BCUT2D eigenvalue weighted by molar-refractivity contribution is -0.384. The van der Waals surface area contributed by atoms with Crippen molar-refractivity contribution in [3.8, 4) is 5.75 Å². The Labute approximate surface area is 163 Å². The lowest BCUT2D eigenvalue weighted by Gasteiger charge is -2.18. The molecule has 0 aliphatic heterocycles. The average molecular weight is 407 g/mol. The summed E-state index contributed by atoms with van der Waals surface area (Å²) in [5, 5.41) is 13.4. The summed E-state index contributed by atoms with van der Waals surface area (Å²) < 4.78 is 31.7. The van der Waals surface area contributed by atoms with Gasteiger partial charge in [-0.1, -0.05) is 19.9 Å². The fraction of sp³-hybridized carbons (Fsp3) is 0.278. The first-order valence-electron chi connectivity index (χ1n) is 8.48. The highest BCUT2D eigenvalue weighted by atomic mass is 32.2. The van der Waals surface area contributed by atoms with Crippen LogP contribution in [0.15, 0.2) is 47.4 Å². The number of anilines is 1. The van der Waals surface area contributed by atoms with Gasteiger partial charge in [0.05, 0.1) is 28.7 Å². The molecule has 28 heavy (non-hydrogen) atoms. The Morgan fingerprint density at radius 3 is 2.43 bits per heavy atom. The van der Waals surface area contributed by atoms with Gasteiger partial charge in [0.1, 0.15) is 5.75 Å². The van der Waals surface area contributed by atoms with Crippen molar-refractivity contribution < 1.29 is 22.9 Å². The molecule has 0 aliphatic carbocycles. The normalized spacial score (nSPS) is 11.3. The number of sulfonamides is 1. The Hall–Kier alpha value is -2.98. The number of amides is 1. The third kappa shape index (κ3) is 4.46. The number of nitrogens with zero attached hydrogens (tertiary/aromatic N) is 2. The summed E-state index contributed by atoms with van der Waals surface area (Å²) in [6, 6.07) is 9.46. The lowest BCUT2D eigenvalue weighted by atomic mass is 10.2. The summed E-state index contributed by atoms with van der Waals surface area (Å²) in [6.45, 7) is 4.10. The van der Waals surface area contributed by atoms with Crippen LogP contribution in [-0.4, -0.2) is 43.8 Å². The number of nitrogens with one attached hydrogen (secondary N) is 1. The van der Waals surface area contributed by atoms with Gasteiger partial charge in [0.15, 0.2) is 0 Å². The minimum atomic E-state index is -3.70. The predicted molar refractivity (Wildman–Crippen MR) is 104 cm³/mol. The molecule has 0 aliphatic rings. The maximum Gasteiger partial charge on any atom is 0.273 e. The topological polar surface area (TPSA) is 119 Å². The second-order valence-corrected chi connectivity index (χ2v) is 7.65. The number of carbonyl (C=O) groups excluding carboxylic acids is 1. The van der Waals surface area contributed by atoms with E-state index in [0.29, 0.717) is 13.1 Å². The number of nitro groups is 1. The summed E-state index contributed by atoms with van der Waals surface area (Å²) in [5.41, 5.74) is 0.186. The SMILES string of the molecule is CCN(CC)S(=O)(=O)c1cccc(C(=O)Nc2ccc([N+](=O)[O-])cc2OC)c1. The van der Waals surface area contributed by atoms with Crippen LogP contribution in [-0.2, 0) is 10.0 Å². The molecule has 0 atom stereocenters. The van der Waals surface area contributed by atoms with Crippen LogP contribution in [0.1, 0.15) is 24.2 Å². The van der Waals surface area contributed by atoms with Crippen molar-refractivity contribution in [2.45, 2.75) is 18.7 Å². The number of ether oxygens (including phenoxy) is 1. The van der Waals surface area contributed by atoms with Gasteiger partial charge < -0.3 is 10.1 Å². The zero-order chi connectivity index (χ0) is 20.9. The fourth-order valence-electron chi connectivity index (χ4n) is 2.60. The summed E-state index contributed by atoms with van der Waals surface area (Å²) >= 11 is 0. The van der Waals surface area contributed by atoms with Gasteiger partial charge in [0, 0.05) is 24.7 Å². The van der Waals surface area contributed by atoms with Gasteiger partial charge in [-0.15, -0.1) is 0 Å². The molecule has 9 nitrogen and oxygen atoms in total. The first-order chi connectivity index (χ1) is 13.2. The predicted octanol–water partition coefficient (Wildman–Crippen LogP) is 2.89. The third-order valence-corrected chi connectivity index (χ3v) is 6.13. The Bertz CT molecular complexity index is 987. The summed E-state index contributed by atoms with van der Waals surface area (Å²) in [4.78, 5) is 22.9. The smallest absolute Gasteiger partial charge is 0.273 e. The van der Waals surface area contributed by atoms with Crippen LogP contribution < -0.4 is 10.1 Å². The largest absolute Gasteiger partial charge is 0.494 e. The third-order valence-electron chi connectivity index (χ3n) is 4.08. The van der Waals surface area contributed by atoms with Crippen LogP contribution in [0.2, 0.25) is 0 Å². The molecule has 0 saturated heterocycles. The van der Waals surface area contributed by atoms with Crippen molar-refractivity contribution in [1.82, 2.24) is 4.31 Å². The number of non-ortho nitro benzene ring substituents is 1. The fourth-order valence-corrected chi connectivity index (χ4v) is 4.11. The minimum absolute atomic E-state index is 0.0134. The number of hydrogen-bond donors (Lipinski definition) is 1.